The number of hydrogen-bond acceptors (Lipinski definition) is 2. The van der Waals surface area contributed by atoms with E-state index in [-0.39, 0.29) is 5.82 Å². The first kappa shape index (κ1) is 16.0. The summed E-state index contributed by atoms with van der Waals surface area (Å²) in [5.74, 6) is 0.625. The fourth-order valence-electron chi connectivity index (χ4n) is 2.18. The lowest BCUT2D eigenvalue weighted by Gasteiger charge is -2.15. The molecule has 2 rings (SSSR count). The van der Waals surface area contributed by atoms with Crippen molar-refractivity contribution in [3.05, 3.63) is 63.4 Å². The summed E-state index contributed by atoms with van der Waals surface area (Å²) < 4.78 is 20.2. The molecule has 0 fully saturated rings. The van der Waals surface area contributed by atoms with Crippen LogP contribution in [0.5, 0.6) is 5.75 Å². The van der Waals surface area contributed by atoms with Crippen molar-refractivity contribution in [1.82, 2.24) is 5.32 Å². The Morgan fingerprint density at radius 1 is 1.24 bits per heavy atom. The highest BCUT2D eigenvalue weighted by atomic mass is 79.9. The lowest BCUT2D eigenvalue weighted by molar-refractivity contribution is 0.299. The minimum Gasteiger partial charge on any atom is -0.488 e. The van der Waals surface area contributed by atoms with Crippen LogP contribution in [0.2, 0.25) is 0 Å². The number of benzene rings is 2. The van der Waals surface area contributed by atoms with Gasteiger partial charge in [0, 0.05) is 16.6 Å². The smallest absolute Gasteiger partial charge is 0.127 e. The van der Waals surface area contributed by atoms with Crippen LogP contribution in [0, 0.1) is 12.7 Å². The van der Waals surface area contributed by atoms with Gasteiger partial charge < -0.3 is 10.1 Å². The Labute approximate surface area is 133 Å². The summed E-state index contributed by atoms with van der Waals surface area (Å²) in [4.78, 5) is 0. The number of nitrogens with one attached hydrogen (secondary N) is 1. The van der Waals surface area contributed by atoms with Crippen molar-refractivity contribution in [2.24, 2.45) is 0 Å². The van der Waals surface area contributed by atoms with Crippen LogP contribution < -0.4 is 10.1 Å². The fraction of sp³-hybridized carbons (Fsp3) is 0.294. The second kappa shape index (κ2) is 7.57. The highest BCUT2D eigenvalue weighted by molar-refractivity contribution is 9.10. The van der Waals surface area contributed by atoms with Gasteiger partial charge in [0.15, 0.2) is 0 Å². The van der Waals surface area contributed by atoms with Crippen molar-refractivity contribution in [2.45, 2.75) is 27.0 Å². The molecule has 2 aromatic carbocycles. The van der Waals surface area contributed by atoms with E-state index in [0.29, 0.717) is 6.61 Å². The molecular formula is C17H19BrFNO. The molecule has 112 valence electrons. The highest BCUT2D eigenvalue weighted by Crippen LogP contribution is 2.29. The molecule has 0 radical (unpaired) electrons. The molecular weight excluding hydrogens is 333 g/mol. The Morgan fingerprint density at radius 3 is 2.76 bits per heavy atom. The van der Waals surface area contributed by atoms with E-state index >= 15 is 0 Å². The third-order valence-electron chi connectivity index (χ3n) is 3.15. The Balaban J connectivity index is 2.18. The van der Waals surface area contributed by atoms with Gasteiger partial charge in [-0.2, -0.15) is 0 Å². The van der Waals surface area contributed by atoms with E-state index in [1.807, 2.05) is 19.1 Å². The summed E-state index contributed by atoms with van der Waals surface area (Å²) in [7, 11) is 0. The normalized spacial score (nSPS) is 10.7. The fourth-order valence-corrected chi connectivity index (χ4v) is 2.80. The molecule has 0 heterocycles. The highest BCUT2D eigenvalue weighted by Gasteiger charge is 2.09. The van der Waals surface area contributed by atoms with Crippen molar-refractivity contribution in [1.29, 1.82) is 0 Å². The SMILES string of the molecule is CCNCc1cc(Br)cc(C)c1OCc1cccc(F)c1. The number of aryl methyl sites for hydroxylation is 1. The summed E-state index contributed by atoms with van der Waals surface area (Å²) in [5, 5.41) is 3.31. The first-order valence-electron chi connectivity index (χ1n) is 6.97. The molecule has 0 bridgehead atoms. The molecule has 0 atom stereocenters. The maximum atomic E-state index is 13.2. The third-order valence-corrected chi connectivity index (χ3v) is 3.61. The summed E-state index contributed by atoms with van der Waals surface area (Å²) in [6, 6.07) is 10.6. The molecule has 0 saturated heterocycles. The largest absolute Gasteiger partial charge is 0.488 e. The topological polar surface area (TPSA) is 21.3 Å². The molecule has 0 saturated carbocycles. The quantitative estimate of drug-likeness (QED) is 0.821. The number of ether oxygens (including phenoxy) is 1. The number of rotatable bonds is 6. The van der Waals surface area contributed by atoms with Crippen molar-refractivity contribution < 1.29 is 9.13 Å². The summed E-state index contributed by atoms with van der Waals surface area (Å²) in [6.45, 7) is 6.09. The van der Waals surface area contributed by atoms with Crippen LogP contribution in [0.3, 0.4) is 0 Å². The van der Waals surface area contributed by atoms with Crippen molar-refractivity contribution in [2.75, 3.05) is 6.54 Å². The molecule has 0 aliphatic rings. The van der Waals surface area contributed by atoms with Crippen LogP contribution in [-0.4, -0.2) is 6.54 Å². The molecule has 2 aromatic rings. The average Bonchev–Trinajstić information content (AvgIpc) is 2.44. The molecule has 1 N–H and O–H groups in total. The average molecular weight is 352 g/mol. The monoisotopic (exact) mass is 351 g/mol. The predicted octanol–water partition coefficient (Wildman–Crippen LogP) is 4.59. The van der Waals surface area contributed by atoms with Gasteiger partial charge in [0.2, 0.25) is 0 Å². The second-order valence-electron chi connectivity index (χ2n) is 4.91. The van der Waals surface area contributed by atoms with Crippen LogP contribution in [0.1, 0.15) is 23.6 Å². The first-order valence-corrected chi connectivity index (χ1v) is 7.76. The zero-order valence-electron chi connectivity index (χ0n) is 12.2. The minimum atomic E-state index is -0.239. The van der Waals surface area contributed by atoms with Crippen molar-refractivity contribution >= 4 is 15.9 Å². The molecule has 0 aliphatic carbocycles. The molecule has 0 aromatic heterocycles. The van der Waals surface area contributed by atoms with E-state index in [1.54, 1.807) is 6.07 Å². The Bertz CT molecular complexity index is 616. The zero-order valence-corrected chi connectivity index (χ0v) is 13.8. The van der Waals surface area contributed by atoms with Gasteiger partial charge in [-0.1, -0.05) is 35.0 Å². The van der Waals surface area contributed by atoms with Crippen LogP contribution in [0.15, 0.2) is 40.9 Å². The Kier molecular flexibility index (Phi) is 5.76. The van der Waals surface area contributed by atoms with E-state index in [2.05, 4.69) is 34.2 Å². The van der Waals surface area contributed by atoms with E-state index < -0.39 is 0 Å². The van der Waals surface area contributed by atoms with Gasteiger partial charge in [-0.3, -0.25) is 0 Å². The maximum Gasteiger partial charge on any atom is 0.127 e. The molecule has 0 spiro atoms. The molecule has 0 amide bonds. The lowest BCUT2D eigenvalue weighted by Crippen LogP contribution is -2.13. The summed E-state index contributed by atoms with van der Waals surface area (Å²) >= 11 is 3.51. The lowest BCUT2D eigenvalue weighted by atomic mass is 10.1. The Hall–Kier alpha value is -1.39. The van der Waals surface area contributed by atoms with Crippen LogP contribution in [0.4, 0.5) is 4.39 Å². The van der Waals surface area contributed by atoms with Crippen molar-refractivity contribution in [3.63, 3.8) is 0 Å². The third kappa shape index (κ3) is 4.55. The van der Waals surface area contributed by atoms with E-state index in [9.17, 15) is 4.39 Å². The molecule has 21 heavy (non-hydrogen) atoms. The van der Waals surface area contributed by atoms with Gasteiger partial charge in [0.1, 0.15) is 18.2 Å². The van der Waals surface area contributed by atoms with E-state index in [1.165, 1.54) is 12.1 Å². The number of halogens is 2. The van der Waals surface area contributed by atoms with Gasteiger partial charge in [0.25, 0.3) is 0 Å². The van der Waals surface area contributed by atoms with Gasteiger partial charge in [0.05, 0.1) is 0 Å². The second-order valence-corrected chi connectivity index (χ2v) is 5.83. The molecule has 4 heteroatoms. The number of hydrogen-bond donors (Lipinski definition) is 1. The maximum absolute atomic E-state index is 13.2. The van der Waals surface area contributed by atoms with Crippen LogP contribution in [0.25, 0.3) is 0 Å². The summed E-state index contributed by atoms with van der Waals surface area (Å²) in [6.07, 6.45) is 0. The molecule has 0 aliphatic heterocycles. The van der Waals surface area contributed by atoms with Crippen LogP contribution in [-0.2, 0) is 13.2 Å². The van der Waals surface area contributed by atoms with E-state index in [4.69, 9.17) is 4.74 Å². The first-order chi connectivity index (χ1) is 10.1. The van der Waals surface area contributed by atoms with Gasteiger partial charge in [-0.05, 0) is 48.9 Å². The van der Waals surface area contributed by atoms with Crippen molar-refractivity contribution in [3.8, 4) is 5.75 Å². The van der Waals surface area contributed by atoms with E-state index in [0.717, 1.165) is 40.0 Å². The van der Waals surface area contributed by atoms with Gasteiger partial charge in [-0.15, -0.1) is 0 Å². The summed E-state index contributed by atoms with van der Waals surface area (Å²) in [5.41, 5.74) is 2.99. The minimum absolute atomic E-state index is 0.239. The Morgan fingerprint density at radius 2 is 2.05 bits per heavy atom. The molecule has 2 nitrogen and oxygen atoms in total. The predicted molar refractivity (Wildman–Crippen MR) is 87.0 cm³/mol. The van der Waals surface area contributed by atoms with Gasteiger partial charge >= 0.3 is 0 Å². The standard InChI is InChI=1S/C17H19BrFNO/c1-3-20-10-14-9-15(18)7-12(2)17(14)21-11-13-5-4-6-16(19)8-13/h4-9,20H,3,10-11H2,1-2H3. The van der Waals surface area contributed by atoms with Gasteiger partial charge in [-0.25, -0.2) is 4.39 Å². The molecule has 0 unspecified atom stereocenters. The van der Waals surface area contributed by atoms with Crippen LogP contribution >= 0.6 is 15.9 Å². The zero-order chi connectivity index (χ0) is 15.2.